The van der Waals surface area contributed by atoms with Gasteiger partial charge in [0.2, 0.25) is 5.91 Å². The molecule has 0 aliphatic heterocycles. The molecule has 0 bridgehead atoms. The summed E-state index contributed by atoms with van der Waals surface area (Å²) >= 11 is 0. The molecule has 1 amide bonds. The maximum atomic E-state index is 12.6. The van der Waals surface area contributed by atoms with E-state index in [4.69, 9.17) is 0 Å². The van der Waals surface area contributed by atoms with Gasteiger partial charge in [0.25, 0.3) is 0 Å². The molecule has 1 aliphatic carbocycles. The Morgan fingerprint density at radius 3 is 2.26 bits per heavy atom. The number of benzene rings is 2. The lowest BCUT2D eigenvalue weighted by Crippen LogP contribution is -2.34. The van der Waals surface area contributed by atoms with Crippen LogP contribution in [0.1, 0.15) is 27.9 Å². The highest BCUT2D eigenvalue weighted by Gasteiger charge is 2.34. The largest absolute Gasteiger partial charge is 0.348 e. The van der Waals surface area contributed by atoms with Gasteiger partial charge in [-0.15, -0.1) is 0 Å². The number of amides is 1. The van der Waals surface area contributed by atoms with Crippen LogP contribution in [0.3, 0.4) is 0 Å². The monoisotopic (exact) mass is 305 g/mol. The SMILES string of the molecule is CN(C)C(=O)[C@H]1CC(=O)c2ccccc2/C1=C\c1ccccc1. The summed E-state index contributed by atoms with van der Waals surface area (Å²) < 4.78 is 0. The molecule has 0 saturated carbocycles. The van der Waals surface area contributed by atoms with Gasteiger partial charge in [-0.3, -0.25) is 9.59 Å². The number of carbonyl (C=O) groups is 2. The Balaban J connectivity index is 2.16. The van der Waals surface area contributed by atoms with Gasteiger partial charge in [-0.25, -0.2) is 0 Å². The van der Waals surface area contributed by atoms with Crippen LogP contribution in [0.25, 0.3) is 11.6 Å². The topological polar surface area (TPSA) is 37.4 Å². The highest BCUT2D eigenvalue weighted by molar-refractivity contribution is 6.12. The minimum absolute atomic E-state index is 0.0324. The van der Waals surface area contributed by atoms with E-state index in [0.29, 0.717) is 5.56 Å². The van der Waals surface area contributed by atoms with Crippen LogP contribution in [0.2, 0.25) is 0 Å². The molecule has 116 valence electrons. The number of Topliss-reactive ketones (excluding diaryl/α,β-unsaturated/α-hetero) is 1. The van der Waals surface area contributed by atoms with Crippen LogP contribution < -0.4 is 0 Å². The minimum Gasteiger partial charge on any atom is -0.348 e. The van der Waals surface area contributed by atoms with E-state index in [-0.39, 0.29) is 18.1 Å². The molecule has 3 nitrogen and oxygen atoms in total. The lowest BCUT2D eigenvalue weighted by atomic mass is 9.77. The molecule has 0 radical (unpaired) electrons. The van der Waals surface area contributed by atoms with Crippen LogP contribution in [0.15, 0.2) is 54.6 Å². The zero-order valence-corrected chi connectivity index (χ0v) is 13.3. The van der Waals surface area contributed by atoms with Crippen molar-refractivity contribution in [3.63, 3.8) is 0 Å². The highest BCUT2D eigenvalue weighted by atomic mass is 16.2. The summed E-state index contributed by atoms with van der Waals surface area (Å²) in [4.78, 5) is 26.6. The fraction of sp³-hybridized carbons (Fsp3) is 0.200. The van der Waals surface area contributed by atoms with Crippen molar-refractivity contribution in [2.75, 3.05) is 14.1 Å². The van der Waals surface area contributed by atoms with Crippen molar-refractivity contribution >= 4 is 23.3 Å². The van der Waals surface area contributed by atoms with Gasteiger partial charge >= 0.3 is 0 Å². The Hall–Kier alpha value is -2.68. The molecule has 0 heterocycles. The predicted octanol–water partition coefficient (Wildman–Crippen LogP) is 3.52. The Kier molecular flexibility index (Phi) is 4.11. The molecule has 2 aromatic rings. The summed E-state index contributed by atoms with van der Waals surface area (Å²) in [6.45, 7) is 0. The lowest BCUT2D eigenvalue weighted by Gasteiger charge is -2.28. The fourth-order valence-corrected chi connectivity index (χ4v) is 3.01. The van der Waals surface area contributed by atoms with E-state index in [1.54, 1.807) is 19.0 Å². The molecule has 0 unspecified atom stereocenters. The minimum atomic E-state index is -0.424. The number of ketones is 1. The summed E-state index contributed by atoms with van der Waals surface area (Å²) in [6.07, 6.45) is 2.25. The van der Waals surface area contributed by atoms with Crippen LogP contribution in [0.5, 0.6) is 0 Å². The van der Waals surface area contributed by atoms with Gasteiger partial charge in [0.05, 0.1) is 5.92 Å². The first-order valence-corrected chi connectivity index (χ1v) is 7.68. The second-order valence-electron chi connectivity index (χ2n) is 5.97. The van der Waals surface area contributed by atoms with Crippen molar-refractivity contribution < 1.29 is 9.59 Å². The van der Waals surface area contributed by atoms with E-state index in [2.05, 4.69) is 0 Å². The maximum Gasteiger partial charge on any atom is 0.230 e. The van der Waals surface area contributed by atoms with Crippen molar-refractivity contribution in [1.29, 1.82) is 0 Å². The zero-order chi connectivity index (χ0) is 16.4. The van der Waals surface area contributed by atoms with Crippen molar-refractivity contribution in [2.24, 2.45) is 5.92 Å². The molecule has 23 heavy (non-hydrogen) atoms. The smallest absolute Gasteiger partial charge is 0.230 e. The Morgan fingerprint density at radius 2 is 1.61 bits per heavy atom. The van der Waals surface area contributed by atoms with Crippen LogP contribution >= 0.6 is 0 Å². The summed E-state index contributed by atoms with van der Waals surface area (Å²) in [5, 5.41) is 0. The molecule has 1 aliphatic rings. The number of hydrogen-bond donors (Lipinski definition) is 0. The predicted molar refractivity (Wildman–Crippen MR) is 91.9 cm³/mol. The molecule has 2 aromatic carbocycles. The Labute approximate surface area is 136 Å². The number of nitrogens with zero attached hydrogens (tertiary/aromatic N) is 1. The fourth-order valence-electron chi connectivity index (χ4n) is 3.01. The van der Waals surface area contributed by atoms with E-state index < -0.39 is 5.92 Å². The average molecular weight is 305 g/mol. The van der Waals surface area contributed by atoms with E-state index in [1.807, 2.05) is 60.7 Å². The quantitative estimate of drug-likeness (QED) is 0.851. The van der Waals surface area contributed by atoms with E-state index in [0.717, 1.165) is 16.7 Å². The van der Waals surface area contributed by atoms with Gasteiger partial charge in [-0.2, -0.15) is 0 Å². The Bertz CT molecular complexity index is 775. The second kappa shape index (κ2) is 6.21. The third-order valence-corrected chi connectivity index (χ3v) is 4.16. The van der Waals surface area contributed by atoms with Gasteiger partial charge in [-0.05, 0) is 16.7 Å². The third kappa shape index (κ3) is 2.95. The molecular weight excluding hydrogens is 286 g/mol. The molecule has 0 spiro atoms. The molecule has 3 rings (SSSR count). The molecule has 1 atom stereocenters. The van der Waals surface area contributed by atoms with Crippen LogP contribution in [-0.4, -0.2) is 30.7 Å². The van der Waals surface area contributed by atoms with Crippen molar-refractivity contribution in [2.45, 2.75) is 6.42 Å². The lowest BCUT2D eigenvalue weighted by molar-refractivity contribution is -0.131. The first-order chi connectivity index (χ1) is 11.1. The molecule has 3 heteroatoms. The summed E-state index contributed by atoms with van der Waals surface area (Å²) in [5.74, 6) is -0.423. The first kappa shape index (κ1) is 15.2. The number of carbonyl (C=O) groups excluding carboxylic acids is 2. The molecule has 0 fully saturated rings. The molecule has 0 saturated heterocycles. The van der Waals surface area contributed by atoms with Crippen LogP contribution in [-0.2, 0) is 4.79 Å². The van der Waals surface area contributed by atoms with Crippen LogP contribution in [0.4, 0.5) is 0 Å². The molecule has 0 aromatic heterocycles. The number of hydrogen-bond acceptors (Lipinski definition) is 2. The maximum absolute atomic E-state index is 12.6. The zero-order valence-electron chi connectivity index (χ0n) is 13.3. The van der Waals surface area contributed by atoms with E-state index >= 15 is 0 Å². The van der Waals surface area contributed by atoms with Crippen molar-refractivity contribution in [3.05, 3.63) is 71.3 Å². The standard InChI is InChI=1S/C20H19NO2/c1-21(2)20(23)18-13-19(22)16-11-7-6-10-15(16)17(18)12-14-8-4-3-5-9-14/h3-12,18H,13H2,1-2H3/b17-12+/t18-/m0/s1. The Morgan fingerprint density at radius 1 is 1.00 bits per heavy atom. The summed E-state index contributed by atoms with van der Waals surface area (Å²) in [7, 11) is 3.46. The van der Waals surface area contributed by atoms with Gasteiger partial charge in [0, 0.05) is 26.1 Å². The van der Waals surface area contributed by atoms with Crippen molar-refractivity contribution in [1.82, 2.24) is 4.90 Å². The highest BCUT2D eigenvalue weighted by Crippen LogP contribution is 2.37. The van der Waals surface area contributed by atoms with Crippen LogP contribution in [0, 0.1) is 5.92 Å². The normalized spacial score (nSPS) is 18.6. The second-order valence-corrected chi connectivity index (χ2v) is 5.97. The average Bonchev–Trinajstić information content (AvgIpc) is 2.57. The van der Waals surface area contributed by atoms with Gasteiger partial charge in [0.15, 0.2) is 5.78 Å². The number of rotatable bonds is 2. The van der Waals surface area contributed by atoms with E-state index in [1.165, 1.54) is 0 Å². The van der Waals surface area contributed by atoms with Gasteiger partial charge < -0.3 is 4.90 Å². The molecular formula is C20H19NO2. The summed E-state index contributed by atoms with van der Waals surface area (Å²) in [5.41, 5.74) is 3.53. The molecule has 0 N–H and O–H groups in total. The number of fused-ring (bicyclic) bond motifs is 1. The first-order valence-electron chi connectivity index (χ1n) is 7.68. The van der Waals surface area contributed by atoms with Crippen molar-refractivity contribution in [3.8, 4) is 0 Å². The van der Waals surface area contributed by atoms with Gasteiger partial charge in [0.1, 0.15) is 0 Å². The van der Waals surface area contributed by atoms with Gasteiger partial charge in [-0.1, -0.05) is 60.7 Å². The van der Waals surface area contributed by atoms with E-state index in [9.17, 15) is 9.59 Å². The summed E-state index contributed by atoms with van der Waals surface area (Å²) in [6, 6.07) is 17.4. The third-order valence-electron chi connectivity index (χ3n) is 4.16.